The average Bonchev–Trinajstić information content (AvgIpc) is 2.66. The molecule has 160 valence electrons. The van der Waals surface area contributed by atoms with Crippen LogP contribution in [0.3, 0.4) is 0 Å². The number of piperidine rings is 1. The van der Waals surface area contributed by atoms with Gasteiger partial charge in [0.2, 0.25) is 0 Å². The maximum atomic E-state index is 12.8. The number of anilines is 1. The predicted octanol–water partition coefficient (Wildman–Crippen LogP) is 3.41. The third-order valence-electron chi connectivity index (χ3n) is 4.90. The van der Waals surface area contributed by atoms with Crippen LogP contribution < -0.4 is 10.6 Å². The van der Waals surface area contributed by atoms with Gasteiger partial charge in [-0.25, -0.2) is 15.0 Å². The molecular weight excluding hydrogens is 407 g/mol. The van der Waals surface area contributed by atoms with Crippen molar-refractivity contribution >= 4 is 18.2 Å². The molecule has 0 aliphatic carbocycles. The van der Waals surface area contributed by atoms with Gasteiger partial charge in [0.1, 0.15) is 22.9 Å². The molecule has 2 aromatic rings. The molecule has 29 heavy (non-hydrogen) atoms. The summed E-state index contributed by atoms with van der Waals surface area (Å²) < 4.78 is 38.5. The SMILES string of the molecule is Cc1ncc(C(C)(O)CNc2cccc(C(F)(F)F)n2)c(C2CCNCC2)n1.Cl. The van der Waals surface area contributed by atoms with E-state index in [1.807, 2.05) is 0 Å². The van der Waals surface area contributed by atoms with E-state index in [2.05, 4.69) is 25.6 Å². The number of rotatable bonds is 5. The van der Waals surface area contributed by atoms with Crippen LogP contribution in [0.5, 0.6) is 0 Å². The zero-order valence-electron chi connectivity index (χ0n) is 16.3. The Bertz CT molecular complexity index is 826. The number of nitrogens with zero attached hydrogens (tertiary/aromatic N) is 3. The van der Waals surface area contributed by atoms with E-state index in [4.69, 9.17) is 0 Å². The molecule has 10 heteroatoms. The van der Waals surface area contributed by atoms with Crippen molar-refractivity contribution in [1.82, 2.24) is 20.3 Å². The van der Waals surface area contributed by atoms with Crippen LogP contribution in [0.25, 0.3) is 0 Å². The van der Waals surface area contributed by atoms with Crippen LogP contribution in [-0.2, 0) is 11.8 Å². The summed E-state index contributed by atoms with van der Waals surface area (Å²) in [6, 6.07) is 3.62. The van der Waals surface area contributed by atoms with E-state index < -0.39 is 17.5 Å². The van der Waals surface area contributed by atoms with Crippen molar-refractivity contribution < 1.29 is 18.3 Å². The highest BCUT2D eigenvalue weighted by molar-refractivity contribution is 5.85. The summed E-state index contributed by atoms with van der Waals surface area (Å²) in [5, 5.41) is 17.2. The van der Waals surface area contributed by atoms with Gasteiger partial charge in [-0.15, -0.1) is 12.4 Å². The first-order valence-electron chi connectivity index (χ1n) is 9.22. The largest absolute Gasteiger partial charge is 0.433 e. The number of hydrogen-bond donors (Lipinski definition) is 3. The van der Waals surface area contributed by atoms with Crippen molar-refractivity contribution in [3.8, 4) is 0 Å². The van der Waals surface area contributed by atoms with Crippen LogP contribution in [0.4, 0.5) is 19.0 Å². The van der Waals surface area contributed by atoms with Crippen molar-refractivity contribution in [1.29, 1.82) is 0 Å². The van der Waals surface area contributed by atoms with Crippen LogP contribution in [-0.4, -0.2) is 39.7 Å². The number of pyridine rings is 1. The lowest BCUT2D eigenvalue weighted by Gasteiger charge is -2.30. The van der Waals surface area contributed by atoms with Gasteiger partial charge < -0.3 is 15.7 Å². The molecule has 0 spiro atoms. The fourth-order valence-corrected chi connectivity index (χ4v) is 3.36. The summed E-state index contributed by atoms with van der Waals surface area (Å²) in [7, 11) is 0. The molecule has 3 N–H and O–H groups in total. The lowest BCUT2D eigenvalue weighted by Crippen LogP contribution is -2.35. The van der Waals surface area contributed by atoms with Gasteiger partial charge in [0.25, 0.3) is 0 Å². The first kappa shape index (κ1) is 23.3. The Morgan fingerprint density at radius 2 is 1.90 bits per heavy atom. The van der Waals surface area contributed by atoms with E-state index in [0.29, 0.717) is 11.4 Å². The summed E-state index contributed by atoms with van der Waals surface area (Å²) in [4.78, 5) is 12.4. The molecule has 1 fully saturated rings. The highest BCUT2D eigenvalue weighted by Gasteiger charge is 2.33. The quantitative estimate of drug-likeness (QED) is 0.673. The topological polar surface area (TPSA) is 83.0 Å². The van der Waals surface area contributed by atoms with Crippen molar-refractivity contribution in [2.75, 3.05) is 25.0 Å². The van der Waals surface area contributed by atoms with Crippen molar-refractivity contribution in [3.63, 3.8) is 0 Å². The van der Waals surface area contributed by atoms with Gasteiger partial charge >= 0.3 is 6.18 Å². The minimum Gasteiger partial charge on any atom is -0.383 e. The molecule has 0 amide bonds. The summed E-state index contributed by atoms with van der Waals surface area (Å²) >= 11 is 0. The molecule has 1 aliphatic heterocycles. The van der Waals surface area contributed by atoms with E-state index >= 15 is 0 Å². The Labute approximate surface area is 173 Å². The van der Waals surface area contributed by atoms with E-state index in [0.717, 1.165) is 37.7 Å². The molecule has 1 atom stereocenters. The van der Waals surface area contributed by atoms with Gasteiger partial charge in [-0.1, -0.05) is 6.07 Å². The number of halogens is 4. The van der Waals surface area contributed by atoms with Crippen LogP contribution in [0.15, 0.2) is 24.4 Å². The molecule has 0 bridgehead atoms. The molecule has 0 saturated carbocycles. The Hall–Kier alpha value is -1.97. The third kappa shape index (κ3) is 5.77. The van der Waals surface area contributed by atoms with Crippen LogP contribution in [0, 0.1) is 6.92 Å². The smallest absolute Gasteiger partial charge is 0.383 e. The average molecular weight is 432 g/mol. The van der Waals surface area contributed by atoms with Gasteiger partial charge in [-0.2, -0.15) is 13.2 Å². The number of alkyl halides is 3. The Balaban J connectivity index is 0.00000300. The molecule has 2 aromatic heterocycles. The van der Waals surface area contributed by atoms with E-state index in [-0.39, 0.29) is 30.7 Å². The van der Waals surface area contributed by atoms with Gasteiger partial charge in [-0.3, -0.25) is 0 Å². The lowest BCUT2D eigenvalue weighted by atomic mass is 9.86. The first-order chi connectivity index (χ1) is 13.2. The van der Waals surface area contributed by atoms with Gasteiger partial charge in [-0.05, 0) is 51.9 Å². The summed E-state index contributed by atoms with van der Waals surface area (Å²) in [6.45, 7) is 5.13. The molecular formula is C19H25ClF3N5O. The van der Waals surface area contributed by atoms with Crippen molar-refractivity contribution in [3.05, 3.63) is 47.2 Å². The second-order valence-corrected chi connectivity index (χ2v) is 7.27. The summed E-state index contributed by atoms with van der Waals surface area (Å²) in [6.07, 6.45) is -1.10. The minimum atomic E-state index is -4.52. The molecule has 1 aliphatic rings. The van der Waals surface area contributed by atoms with Crippen LogP contribution in [0.2, 0.25) is 0 Å². The van der Waals surface area contributed by atoms with Gasteiger partial charge in [0, 0.05) is 24.2 Å². The number of nitrogens with one attached hydrogen (secondary N) is 2. The zero-order chi connectivity index (χ0) is 20.4. The monoisotopic (exact) mass is 431 g/mol. The summed E-state index contributed by atoms with van der Waals surface area (Å²) in [5.41, 5.74) is -0.961. The van der Waals surface area contributed by atoms with Gasteiger partial charge in [0.05, 0.1) is 5.69 Å². The zero-order valence-corrected chi connectivity index (χ0v) is 17.1. The Morgan fingerprint density at radius 1 is 1.21 bits per heavy atom. The third-order valence-corrected chi connectivity index (χ3v) is 4.90. The van der Waals surface area contributed by atoms with Gasteiger partial charge in [0.15, 0.2) is 0 Å². The van der Waals surface area contributed by atoms with E-state index in [1.54, 1.807) is 20.0 Å². The normalized spacial score (nSPS) is 17.3. The number of aryl methyl sites for hydroxylation is 1. The maximum Gasteiger partial charge on any atom is 0.433 e. The second-order valence-electron chi connectivity index (χ2n) is 7.27. The van der Waals surface area contributed by atoms with Crippen LogP contribution in [0.1, 0.15) is 48.5 Å². The fraction of sp³-hybridized carbons (Fsp3) is 0.526. The molecule has 3 rings (SSSR count). The number of aromatic nitrogens is 3. The van der Waals surface area contributed by atoms with Crippen LogP contribution >= 0.6 is 12.4 Å². The van der Waals surface area contributed by atoms with E-state index in [9.17, 15) is 18.3 Å². The maximum absolute atomic E-state index is 12.8. The number of aliphatic hydroxyl groups is 1. The Kier molecular flexibility index (Phi) is 7.42. The van der Waals surface area contributed by atoms with Crippen molar-refractivity contribution in [2.45, 2.75) is 44.4 Å². The highest BCUT2D eigenvalue weighted by atomic mass is 35.5. The summed E-state index contributed by atoms with van der Waals surface area (Å²) in [5.74, 6) is 0.878. The fourth-order valence-electron chi connectivity index (χ4n) is 3.36. The Morgan fingerprint density at radius 3 is 2.55 bits per heavy atom. The molecule has 1 unspecified atom stereocenters. The highest BCUT2D eigenvalue weighted by Crippen LogP contribution is 2.33. The predicted molar refractivity (Wildman–Crippen MR) is 106 cm³/mol. The minimum absolute atomic E-state index is 0. The standard InChI is InChI=1S/C19H24F3N5O.ClH/c1-12-24-10-14(17(26-12)13-6-8-23-9-7-13)18(2,28)11-25-16-5-3-4-15(27-16)19(20,21)22;/h3-5,10,13,23,28H,6-9,11H2,1-2H3,(H,25,27);1H. The molecule has 3 heterocycles. The van der Waals surface area contributed by atoms with Crippen molar-refractivity contribution in [2.24, 2.45) is 0 Å². The first-order valence-corrected chi connectivity index (χ1v) is 9.22. The number of hydrogen-bond acceptors (Lipinski definition) is 6. The van der Waals surface area contributed by atoms with E-state index in [1.165, 1.54) is 12.1 Å². The molecule has 0 radical (unpaired) electrons. The lowest BCUT2D eigenvalue weighted by molar-refractivity contribution is -0.141. The molecule has 1 saturated heterocycles. The molecule has 6 nitrogen and oxygen atoms in total. The second kappa shape index (κ2) is 9.23. The molecule has 0 aromatic carbocycles.